The molecule has 0 saturated carbocycles. The maximum absolute atomic E-state index is 11.4. The van der Waals surface area contributed by atoms with E-state index in [9.17, 15) is 4.79 Å². The standard InChI is InChI=1S/C16H28N3O/c1-13(20)17(2)16-8-9-18(12-16)10-11-19-14-4-3-5-15(19)7-6-14/h3,14-16H,4-12H2,1-2H3/t14-,15-,16+/m1/s1. The van der Waals surface area contributed by atoms with Gasteiger partial charge in [-0.15, -0.1) is 0 Å². The van der Waals surface area contributed by atoms with Crippen LogP contribution in [0.3, 0.4) is 0 Å². The Kier molecular flexibility index (Phi) is 4.32. The first-order valence-corrected chi connectivity index (χ1v) is 8.18. The number of rotatable bonds is 4. The summed E-state index contributed by atoms with van der Waals surface area (Å²) < 4.78 is 0. The molecule has 3 fully saturated rings. The molecule has 4 heteroatoms. The summed E-state index contributed by atoms with van der Waals surface area (Å²) in [4.78, 5) is 18.6. The van der Waals surface area contributed by atoms with Crippen LogP contribution in [0.5, 0.6) is 0 Å². The van der Waals surface area contributed by atoms with Gasteiger partial charge in [0.05, 0.1) is 0 Å². The Morgan fingerprint density at radius 2 is 1.90 bits per heavy atom. The van der Waals surface area contributed by atoms with E-state index in [2.05, 4.69) is 16.2 Å². The molecule has 0 aromatic rings. The zero-order valence-electron chi connectivity index (χ0n) is 12.9. The average Bonchev–Trinajstić information content (AvgIpc) is 2.98. The lowest BCUT2D eigenvalue weighted by molar-refractivity contribution is -0.129. The summed E-state index contributed by atoms with van der Waals surface area (Å²) in [5.41, 5.74) is 0. The SMILES string of the molecule is CC(=O)N(C)[C@H]1CCN(CCN2[C@@H]3C[CH]C[C@@H]2CC3)C1. The number of hydrogen-bond acceptors (Lipinski definition) is 3. The van der Waals surface area contributed by atoms with Crippen LogP contribution in [0, 0.1) is 6.42 Å². The Hall–Kier alpha value is -0.610. The number of carbonyl (C=O) groups is 1. The van der Waals surface area contributed by atoms with Crippen LogP contribution in [-0.4, -0.2) is 72.0 Å². The van der Waals surface area contributed by atoms with E-state index in [1.807, 2.05) is 11.9 Å². The van der Waals surface area contributed by atoms with Crippen LogP contribution in [0.4, 0.5) is 0 Å². The summed E-state index contributed by atoms with van der Waals surface area (Å²) >= 11 is 0. The molecule has 20 heavy (non-hydrogen) atoms. The Bertz CT molecular complexity index is 344. The maximum atomic E-state index is 11.4. The van der Waals surface area contributed by atoms with Crippen molar-refractivity contribution in [1.29, 1.82) is 0 Å². The van der Waals surface area contributed by atoms with Crippen molar-refractivity contribution in [3.8, 4) is 0 Å². The molecule has 0 unspecified atom stereocenters. The Morgan fingerprint density at radius 1 is 1.20 bits per heavy atom. The summed E-state index contributed by atoms with van der Waals surface area (Å²) in [5.74, 6) is 0.196. The highest BCUT2D eigenvalue weighted by molar-refractivity contribution is 5.73. The van der Waals surface area contributed by atoms with Crippen molar-refractivity contribution >= 4 is 5.91 Å². The lowest BCUT2D eigenvalue weighted by Gasteiger charge is -2.35. The van der Waals surface area contributed by atoms with E-state index in [0.29, 0.717) is 6.04 Å². The molecule has 3 aliphatic rings. The molecule has 0 aromatic carbocycles. The lowest BCUT2D eigenvalue weighted by Crippen LogP contribution is -2.44. The van der Waals surface area contributed by atoms with Crippen molar-refractivity contribution in [2.45, 2.75) is 57.2 Å². The molecule has 2 bridgehead atoms. The van der Waals surface area contributed by atoms with Crippen molar-refractivity contribution in [3.05, 3.63) is 6.42 Å². The Morgan fingerprint density at radius 3 is 2.55 bits per heavy atom. The molecule has 0 N–H and O–H groups in total. The van der Waals surface area contributed by atoms with Gasteiger partial charge in [-0.2, -0.15) is 0 Å². The van der Waals surface area contributed by atoms with Gasteiger partial charge in [0.25, 0.3) is 0 Å². The van der Waals surface area contributed by atoms with Gasteiger partial charge in [-0.1, -0.05) is 0 Å². The molecule has 113 valence electrons. The van der Waals surface area contributed by atoms with Crippen molar-refractivity contribution in [2.24, 2.45) is 0 Å². The number of fused-ring (bicyclic) bond motifs is 2. The highest BCUT2D eigenvalue weighted by Gasteiger charge is 2.36. The minimum absolute atomic E-state index is 0.196. The third-order valence-corrected chi connectivity index (χ3v) is 5.61. The molecular formula is C16H28N3O. The molecule has 1 radical (unpaired) electrons. The summed E-state index contributed by atoms with van der Waals surface area (Å²) in [5, 5.41) is 0. The molecule has 3 aliphatic heterocycles. The molecular weight excluding hydrogens is 250 g/mol. The van der Waals surface area contributed by atoms with Gasteiger partial charge in [0.2, 0.25) is 5.91 Å². The third kappa shape index (κ3) is 2.86. The minimum atomic E-state index is 0.196. The van der Waals surface area contributed by atoms with Crippen LogP contribution in [0.15, 0.2) is 0 Å². The van der Waals surface area contributed by atoms with Crippen LogP contribution in [0.2, 0.25) is 0 Å². The van der Waals surface area contributed by atoms with E-state index in [1.165, 1.54) is 38.8 Å². The van der Waals surface area contributed by atoms with Gasteiger partial charge in [0.15, 0.2) is 0 Å². The number of hydrogen-bond donors (Lipinski definition) is 0. The first kappa shape index (κ1) is 14.3. The number of carbonyl (C=O) groups excluding carboxylic acids is 1. The largest absolute Gasteiger partial charge is 0.342 e. The smallest absolute Gasteiger partial charge is 0.219 e. The first-order chi connectivity index (χ1) is 9.65. The average molecular weight is 278 g/mol. The van der Waals surface area contributed by atoms with E-state index >= 15 is 0 Å². The fraction of sp³-hybridized carbons (Fsp3) is 0.875. The normalized spacial score (nSPS) is 34.6. The second-order valence-electron chi connectivity index (χ2n) is 6.76. The lowest BCUT2D eigenvalue weighted by atomic mass is 10.0. The highest BCUT2D eigenvalue weighted by atomic mass is 16.2. The molecule has 3 atom stereocenters. The van der Waals surface area contributed by atoms with Gasteiger partial charge in [-0.25, -0.2) is 0 Å². The molecule has 3 heterocycles. The van der Waals surface area contributed by atoms with E-state index < -0.39 is 0 Å². The summed E-state index contributed by atoms with van der Waals surface area (Å²) in [7, 11) is 1.94. The highest BCUT2D eigenvalue weighted by Crippen LogP contribution is 2.34. The molecule has 3 rings (SSSR count). The number of amides is 1. The van der Waals surface area contributed by atoms with Gasteiger partial charge in [-0.3, -0.25) is 14.6 Å². The summed E-state index contributed by atoms with van der Waals surface area (Å²) in [6.45, 7) is 6.28. The van der Waals surface area contributed by atoms with Crippen molar-refractivity contribution in [2.75, 3.05) is 33.2 Å². The van der Waals surface area contributed by atoms with Gasteiger partial charge in [0, 0.05) is 58.3 Å². The minimum Gasteiger partial charge on any atom is -0.342 e. The van der Waals surface area contributed by atoms with Crippen LogP contribution < -0.4 is 0 Å². The van der Waals surface area contributed by atoms with E-state index in [-0.39, 0.29) is 5.91 Å². The van der Waals surface area contributed by atoms with Gasteiger partial charge in [0.1, 0.15) is 0 Å². The number of likely N-dealkylation sites (tertiary alicyclic amines) is 1. The molecule has 0 aliphatic carbocycles. The molecule has 3 saturated heterocycles. The van der Waals surface area contributed by atoms with E-state index in [4.69, 9.17) is 0 Å². The van der Waals surface area contributed by atoms with Crippen LogP contribution >= 0.6 is 0 Å². The monoisotopic (exact) mass is 278 g/mol. The fourth-order valence-electron chi connectivity index (χ4n) is 4.21. The number of piperidine rings is 1. The fourth-order valence-corrected chi connectivity index (χ4v) is 4.21. The van der Waals surface area contributed by atoms with E-state index in [0.717, 1.165) is 31.6 Å². The Balaban J connectivity index is 1.45. The van der Waals surface area contributed by atoms with Gasteiger partial charge in [-0.05, 0) is 38.5 Å². The zero-order valence-corrected chi connectivity index (χ0v) is 12.9. The van der Waals surface area contributed by atoms with Crippen molar-refractivity contribution < 1.29 is 4.79 Å². The van der Waals surface area contributed by atoms with Gasteiger partial charge >= 0.3 is 0 Å². The zero-order chi connectivity index (χ0) is 14.1. The summed E-state index contributed by atoms with van der Waals surface area (Å²) in [6, 6.07) is 2.08. The first-order valence-electron chi connectivity index (χ1n) is 8.18. The maximum Gasteiger partial charge on any atom is 0.219 e. The number of nitrogens with zero attached hydrogens (tertiary/aromatic N) is 3. The predicted octanol–water partition coefficient (Wildman–Crippen LogP) is 1.37. The van der Waals surface area contributed by atoms with Gasteiger partial charge < -0.3 is 4.90 Å². The molecule has 0 aromatic heterocycles. The number of likely N-dealkylation sites (N-methyl/N-ethyl adjacent to an activating group) is 1. The third-order valence-electron chi connectivity index (χ3n) is 5.61. The second kappa shape index (κ2) is 6.02. The topological polar surface area (TPSA) is 26.8 Å². The molecule has 4 nitrogen and oxygen atoms in total. The molecule has 0 spiro atoms. The van der Waals surface area contributed by atoms with E-state index in [1.54, 1.807) is 6.92 Å². The second-order valence-corrected chi connectivity index (χ2v) is 6.76. The van der Waals surface area contributed by atoms with Crippen LogP contribution in [-0.2, 0) is 4.79 Å². The van der Waals surface area contributed by atoms with Crippen LogP contribution in [0.25, 0.3) is 0 Å². The predicted molar refractivity (Wildman–Crippen MR) is 80.3 cm³/mol. The summed E-state index contributed by atoms with van der Waals surface area (Å²) in [6.07, 6.45) is 9.02. The molecule has 1 amide bonds. The Labute approximate surface area is 123 Å². The quantitative estimate of drug-likeness (QED) is 0.777. The van der Waals surface area contributed by atoms with Crippen molar-refractivity contribution in [1.82, 2.24) is 14.7 Å². The van der Waals surface area contributed by atoms with Crippen LogP contribution in [0.1, 0.15) is 39.0 Å². The van der Waals surface area contributed by atoms with Crippen molar-refractivity contribution in [3.63, 3.8) is 0 Å².